The van der Waals surface area contributed by atoms with Crippen LogP contribution in [0.4, 0.5) is 18.9 Å². The number of rotatable bonds is 8. The van der Waals surface area contributed by atoms with Crippen LogP contribution in [-0.4, -0.2) is 42.5 Å². The van der Waals surface area contributed by atoms with Gasteiger partial charge in [-0.05, 0) is 55.7 Å². The van der Waals surface area contributed by atoms with E-state index in [1.54, 1.807) is 0 Å². The summed E-state index contributed by atoms with van der Waals surface area (Å²) >= 11 is 6.17. The number of carbonyl (C=O) groups is 1. The molecule has 0 bridgehead atoms. The lowest BCUT2D eigenvalue weighted by atomic mass is 9.84. The van der Waals surface area contributed by atoms with Gasteiger partial charge in [-0.15, -0.1) is 0 Å². The molecule has 0 aliphatic heterocycles. The van der Waals surface area contributed by atoms with Gasteiger partial charge >= 0.3 is 0 Å². The molecule has 11 heteroatoms. The maximum atomic E-state index is 13.5. The van der Waals surface area contributed by atoms with Crippen LogP contribution in [0.15, 0.2) is 35.2 Å². The lowest BCUT2D eigenvalue weighted by molar-refractivity contribution is -0.0215. The van der Waals surface area contributed by atoms with Crippen LogP contribution >= 0.6 is 11.6 Å². The molecule has 35 heavy (non-hydrogen) atoms. The minimum Gasteiger partial charge on any atom is -0.393 e. The number of aliphatic hydroxyl groups is 2. The van der Waals surface area contributed by atoms with E-state index in [1.807, 2.05) is 6.92 Å². The molecule has 0 saturated heterocycles. The van der Waals surface area contributed by atoms with Gasteiger partial charge in [0.15, 0.2) is 27.3 Å². The normalized spacial score (nSPS) is 22.1. The molecule has 1 aliphatic carbocycles. The fraction of sp³-hybridized carbons (Fsp3) is 0.458. The number of nitrogens with one attached hydrogen (secondary N) is 1. The van der Waals surface area contributed by atoms with Crippen molar-refractivity contribution in [3.05, 3.63) is 58.4 Å². The number of aliphatic hydroxyl groups excluding tert-OH is 1. The van der Waals surface area contributed by atoms with E-state index in [0.717, 1.165) is 12.5 Å². The highest BCUT2D eigenvalue weighted by atomic mass is 35.5. The second-order valence-electron chi connectivity index (χ2n) is 9.47. The largest absolute Gasteiger partial charge is 0.393 e. The summed E-state index contributed by atoms with van der Waals surface area (Å²) in [5, 5.41) is 21.8. The quantitative estimate of drug-likeness (QED) is 0.431. The van der Waals surface area contributed by atoms with E-state index >= 15 is 0 Å². The summed E-state index contributed by atoms with van der Waals surface area (Å²) < 4.78 is 66.7. The van der Waals surface area contributed by atoms with Crippen LogP contribution in [-0.2, 0) is 9.84 Å². The zero-order chi connectivity index (χ0) is 26.1. The standard InChI is InChI=1S/C24H27ClF3NO5S/c1-13-3-4-15(10-24(2,32)12-30)17(13)11-35(33,34)21-7-14(5-6-18(21)25)23(31)29-16-8-19(26)22(28)20(27)9-16/h5-9,13,15,17,30,32H,3-4,10-12H2,1-2H3,(H,29,31)/t13?,15-,17-,24-/m0/s1. The summed E-state index contributed by atoms with van der Waals surface area (Å²) in [6, 6.07) is 4.79. The van der Waals surface area contributed by atoms with Gasteiger partial charge in [0, 0.05) is 23.4 Å². The first-order valence-corrected chi connectivity index (χ1v) is 13.1. The topological polar surface area (TPSA) is 104 Å². The fourth-order valence-electron chi connectivity index (χ4n) is 4.61. The molecule has 3 N–H and O–H groups in total. The van der Waals surface area contributed by atoms with Gasteiger partial charge < -0.3 is 15.5 Å². The van der Waals surface area contributed by atoms with Crippen molar-refractivity contribution in [3.8, 4) is 0 Å². The Balaban J connectivity index is 1.84. The van der Waals surface area contributed by atoms with Crippen LogP contribution in [0.3, 0.4) is 0 Å². The van der Waals surface area contributed by atoms with Crippen molar-refractivity contribution in [2.24, 2.45) is 17.8 Å². The number of carbonyl (C=O) groups excluding carboxylic acids is 1. The highest BCUT2D eigenvalue weighted by Crippen LogP contribution is 2.43. The van der Waals surface area contributed by atoms with E-state index in [4.69, 9.17) is 11.6 Å². The maximum Gasteiger partial charge on any atom is 0.255 e. The third kappa shape index (κ3) is 6.35. The second-order valence-corrected chi connectivity index (χ2v) is 11.9. The third-order valence-corrected chi connectivity index (χ3v) is 8.83. The summed E-state index contributed by atoms with van der Waals surface area (Å²) in [6.07, 6.45) is 1.72. The van der Waals surface area contributed by atoms with Gasteiger partial charge in [0.1, 0.15) is 0 Å². The molecule has 4 atom stereocenters. The first kappa shape index (κ1) is 27.4. The molecule has 0 aromatic heterocycles. The Labute approximate surface area is 207 Å². The molecule has 1 amide bonds. The predicted molar refractivity (Wildman–Crippen MR) is 125 cm³/mol. The molecular weight excluding hydrogens is 507 g/mol. The number of hydrogen-bond donors (Lipinski definition) is 3. The van der Waals surface area contributed by atoms with E-state index < -0.39 is 45.4 Å². The van der Waals surface area contributed by atoms with E-state index in [1.165, 1.54) is 19.1 Å². The van der Waals surface area contributed by atoms with E-state index in [0.29, 0.717) is 18.6 Å². The van der Waals surface area contributed by atoms with Crippen molar-refractivity contribution < 1.29 is 36.6 Å². The average molecular weight is 534 g/mol. The zero-order valence-electron chi connectivity index (χ0n) is 19.2. The van der Waals surface area contributed by atoms with Gasteiger partial charge in [-0.25, -0.2) is 21.6 Å². The number of halogens is 4. The molecule has 6 nitrogen and oxygen atoms in total. The number of benzene rings is 2. The Kier molecular flexibility index (Phi) is 8.20. The predicted octanol–water partition coefficient (Wildman–Crippen LogP) is 4.58. The first-order valence-electron chi connectivity index (χ1n) is 11.1. The molecular formula is C24H27ClF3NO5S. The molecule has 0 heterocycles. The molecule has 0 radical (unpaired) electrons. The monoisotopic (exact) mass is 533 g/mol. The minimum atomic E-state index is -3.98. The third-order valence-electron chi connectivity index (χ3n) is 6.55. The van der Waals surface area contributed by atoms with Crippen molar-refractivity contribution in [2.45, 2.75) is 43.6 Å². The Bertz CT molecular complexity index is 1200. The molecule has 1 saturated carbocycles. The van der Waals surface area contributed by atoms with Crippen LogP contribution in [0, 0.1) is 35.2 Å². The summed E-state index contributed by atoms with van der Waals surface area (Å²) in [4.78, 5) is 12.3. The highest BCUT2D eigenvalue weighted by Gasteiger charge is 2.40. The number of hydrogen-bond acceptors (Lipinski definition) is 5. The Morgan fingerprint density at radius 1 is 1.17 bits per heavy atom. The molecule has 3 rings (SSSR count). The summed E-state index contributed by atoms with van der Waals surface area (Å²) in [5.74, 6) is -6.15. The number of anilines is 1. The first-order chi connectivity index (χ1) is 16.2. The molecule has 192 valence electrons. The summed E-state index contributed by atoms with van der Waals surface area (Å²) in [6.45, 7) is 2.99. The summed E-state index contributed by atoms with van der Waals surface area (Å²) in [5.41, 5.74) is -1.80. The molecule has 2 aromatic carbocycles. The Hall–Kier alpha value is -2.14. The lowest BCUT2D eigenvalue weighted by Gasteiger charge is -2.29. The maximum absolute atomic E-state index is 13.5. The number of amides is 1. The van der Waals surface area contributed by atoms with Crippen molar-refractivity contribution in [2.75, 3.05) is 17.7 Å². The van der Waals surface area contributed by atoms with Crippen molar-refractivity contribution in [1.29, 1.82) is 0 Å². The molecule has 2 aromatic rings. The fourth-order valence-corrected chi connectivity index (χ4v) is 7.04. The van der Waals surface area contributed by atoms with Crippen molar-refractivity contribution >= 4 is 33.0 Å². The summed E-state index contributed by atoms with van der Waals surface area (Å²) in [7, 11) is -3.98. The average Bonchev–Trinajstić information content (AvgIpc) is 3.10. The van der Waals surface area contributed by atoms with Crippen LogP contribution in [0.25, 0.3) is 0 Å². The van der Waals surface area contributed by atoms with Crippen LogP contribution in [0.5, 0.6) is 0 Å². The van der Waals surface area contributed by atoms with Gasteiger partial charge in [0.25, 0.3) is 5.91 Å². The number of sulfone groups is 1. The van der Waals surface area contributed by atoms with Gasteiger partial charge in [0.05, 0.1) is 27.9 Å². The van der Waals surface area contributed by atoms with Crippen LogP contribution < -0.4 is 5.32 Å². The van der Waals surface area contributed by atoms with Gasteiger partial charge in [-0.3, -0.25) is 4.79 Å². The molecule has 1 aliphatic rings. The SMILES string of the molecule is CC1CC[C@@H](C[C@](C)(O)CO)[C@H]1CS(=O)(=O)c1cc(C(=O)Nc2cc(F)c(F)c(F)c2)ccc1Cl. The van der Waals surface area contributed by atoms with Crippen molar-refractivity contribution in [3.63, 3.8) is 0 Å². The van der Waals surface area contributed by atoms with Crippen molar-refractivity contribution in [1.82, 2.24) is 0 Å². The second kappa shape index (κ2) is 10.5. The minimum absolute atomic E-state index is 0.0535. The smallest absolute Gasteiger partial charge is 0.255 e. The highest BCUT2D eigenvalue weighted by molar-refractivity contribution is 7.91. The Morgan fingerprint density at radius 3 is 2.40 bits per heavy atom. The van der Waals surface area contributed by atoms with Crippen LogP contribution in [0.1, 0.15) is 43.5 Å². The molecule has 1 fully saturated rings. The Morgan fingerprint density at radius 2 is 1.80 bits per heavy atom. The van der Waals surface area contributed by atoms with E-state index in [9.17, 15) is 36.6 Å². The van der Waals surface area contributed by atoms with Gasteiger partial charge in [-0.1, -0.05) is 24.9 Å². The zero-order valence-corrected chi connectivity index (χ0v) is 20.8. The molecule has 0 spiro atoms. The van der Waals surface area contributed by atoms with E-state index in [-0.39, 0.29) is 51.1 Å². The van der Waals surface area contributed by atoms with E-state index in [2.05, 4.69) is 5.32 Å². The van der Waals surface area contributed by atoms with Gasteiger partial charge in [-0.2, -0.15) is 0 Å². The molecule has 1 unspecified atom stereocenters. The van der Waals surface area contributed by atoms with Crippen LogP contribution in [0.2, 0.25) is 5.02 Å². The van der Waals surface area contributed by atoms with Gasteiger partial charge in [0.2, 0.25) is 0 Å². The lowest BCUT2D eigenvalue weighted by Crippen LogP contribution is -2.35.